The van der Waals surface area contributed by atoms with Gasteiger partial charge in [-0.15, -0.1) is 22.7 Å². The van der Waals surface area contributed by atoms with Crippen LogP contribution in [0.1, 0.15) is 39.5 Å². The molecule has 4 nitrogen and oxygen atoms in total. The highest BCUT2D eigenvalue weighted by atomic mass is 35.5. The lowest BCUT2D eigenvalue weighted by Crippen LogP contribution is -2.58. The van der Waals surface area contributed by atoms with E-state index in [1.807, 2.05) is 18.2 Å². The van der Waals surface area contributed by atoms with E-state index in [4.69, 9.17) is 4.74 Å². The Morgan fingerprint density at radius 3 is 2.79 bits per heavy atom. The van der Waals surface area contributed by atoms with Crippen LogP contribution >= 0.6 is 22.7 Å². The van der Waals surface area contributed by atoms with E-state index >= 15 is 0 Å². The number of carbonyl (C=O) groups excluding carboxylic acids is 1. The van der Waals surface area contributed by atoms with Crippen molar-refractivity contribution >= 4 is 28.7 Å². The van der Waals surface area contributed by atoms with E-state index < -0.39 is 10.3 Å². The van der Waals surface area contributed by atoms with Gasteiger partial charge in [0.15, 0.2) is 0 Å². The number of allylic oxidation sites excluding steroid dienone is 2. The summed E-state index contributed by atoms with van der Waals surface area (Å²) in [6.45, 7) is 4.64. The van der Waals surface area contributed by atoms with Gasteiger partial charge in [0.05, 0.1) is 0 Å². The van der Waals surface area contributed by atoms with Gasteiger partial charge in [-0.2, -0.15) is 0 Å². The summed E-state index contributed by atoms with van der Waals surface area (Å²) in [5, 5.41) is 1.78. The monoisotopic (exact) mass is 375 g/mol. The summed E-state index contributed by atoms with van der Waals surface area (Å²) in [4.78, 5) is 14.8. The van der Waals surface area contributed by atoms with Crippen molar-refractivity contribution in [1.29, 1.82) is 0 Å². The molecule has 2 bridgehead atoms. The first kappa shape index (κ1) is 19.8. The molecular weight excluding hydrogens is 346 g/mol. The summed E-state index contributed by atoms with van der Waals surface area (Å²) < 4.78 is 16.3. The smallest absolute Gasteiger partial charge is 0.317 e. The Morgan fingerprint density at radius 2 is 2.12 bits per heavy atom. The molecule has 0 aromatic rings. The summed E-state index contributed by atoms with van der Waals surface area (Å²) in [5.41, 5.74) is 0.274. The quantitative estimate of drug-likeness (QED) is 0.758. The van der Waals surface area contributed by atoms with Gasteiger partial charge in [-0.05, 0) is 37.1 Å². The van der Waals surface area contributed by atoms with Crippen LogP contribution in [0.3, 0.4) is 0 Å². The largest absolute Gasteiger partial charge is 0.462 e. The SMILES string of the molecule is CN1C2CCC(C)(C)C1CC(OC(=O)CS1(O)C=CC=CC1)C2.Cl. The van der Waals surface area contributed by atoms with Crippen molar-refractivity contribution < 1.29 is 14.1 Å². The fourth-order valence-electron chi connectivity index (χ4n) is 4.31. The molecule has 3 heterocycles. The van der Waals surface area contributed by atoms with Crippen molar-refractivity contribution in [3.63, 3.8) is 0 Å². The Bertz CT molecular complexity index is 536. The van der Waals surface area contributed by atoms with Crippen molar-refractivity contribution in [3.05, 3.63) is 23.6 Å². The van der Waals surface area contributed by atoms with Gasteiger partial charge in [0.2, 0.25) is 0 Å². The highest BCUT2D eigenvalue weighted by molar-refractivity contribution is 8.32. The molecule has 3 aliphatic rings. The molecule has 3 rings (SSSR count). The Balaban J connectivity index is 0.00000208. The summed E-state index contributed by atoms with van der Waals surface area (Å²) in [7, 11) is 0.214. The van der Waals surface area contributed by atoms with Crippen molar-refractivity contribution in [2.45, 2.75) is 57.7 Å². The second-order valence-corrected chi connectivity index (χ2v) is 10.6. The van der Waals surface area contributed by atoms with Crippen LogP contribution in [0.4, 0.5) is 0 Å². The average molecular weight is 376 g/mol. The maximum absolute atomic E-state index is 12.3. The Kier molecular flexibility index (Phi) is 6.12. The van der Waals surface area contributed by atoms with Gasteiger partial charge in [-0.3, -0.25) is 9.69 Å². The molecule has 0 aromatic heterocycles. The zero-order chi connectivity index (χ0) is 16.7. The van der Waals surface area contributed by atoms with E-state index in [1.165, 1.54) is 12.8 Å². The highest BCUT2D eigenvalue weighted by Gasteiger charge is 2.46. The first-order chi connectivity index (χ1) is 10.8. The van der Waals surface area contributed by atoms with Crippen LogP contribution in [0.2, 0.25) is 0 Å². The molecule has 0 aromatic carbocycles. The third kappa shape index (κ3) is 4.18. The Labute approximate surface area is 153 Å². The molecule has 0 radical (unpaired) electrons. The second-order valence-electron chi connectivity index (χ2n) is 7.91. The molecule has 2 fully saturated rings. The summed E-state index contributed by atoms with van der Waals surface area (Å²) in [5.74, 6) is 0.441. The number of ether oxygens (including phenoxy) is 1. The van der Waals surface area contributed by atoms with Gasteiger partial charge in [0.1, 0.15) is 11.9 Å². The number of esters is 1. The van der Waals surface area contributed by atoms with Crippen LogP contribution in [0, 0.1) is 5.41 Å². The molecule has 6 heteroatoms. The Morgan fingerprint density at radius 1 is 1.38 bits per heavy atom. The third-order valence-corrected chi connectivity index (χ3v) is 7.91. The minimum absolute atomic E-state index is 0. The van der Waals surface area contributed by atoms with E-state index in [2.05, 4.69) is 25.8 Å². The van der Waals surface area contributed by atoms with Gasteiger partial charge >= 0.3 is 5.97 Å². The predicted molar refractivity (Wildman–Crippen MR) is 103 cm³/mol. The van der Waals surface area contributed by atoms with Gasteiger partial charge in [-0.25, -0.2) is 0 Å². The summed E-state index contributed by atoms with van der Waals surface area (Å²) in [6.07, 6.45) is 9.92. The van der Waals surface area contributed by atoms with E-state index in [1.54, 1.807) is 5.41 Å². The molecule has 0 saturated carbocycles. The topological polar surface area (TPSA) is 49.8 Å². The van der Waals surface area contributed by atoms with Gasteiger partial charge in [-0.1, -0.05) is 32.1 Å². The fraction of sp³-hybridized carbons (Fsp3) is 0.722. The zero-order valence-electron chi connectivity index (χ0n) is 14.8. The lowest BCUT2D eigenvalue weighted by molar-refractivity contribution is -0.154. The van der Waals surface area contributed by atoms with E-state index in [0.717, 1.165) is 12.8 Å². The number of rotatable bonds is 3. The van der Waals surface area contributed by atoms with Crippen LogP contribution in [0.15, 0.2) is 23.6 Å². The maximum Gasteiger partial charge on any atom is 0.317 e. The number of piperidine rings is 2. The number of hydrogen-bond donors (Lipinski definition) is 1. The van der Waals surface area contributed by atoms with Crippen molar-refractivity contribution in [2.24, 2.45) is 5.41 Å². The normalized spacial score (nSPS) is 40.2. The molecule has 138 valence electrons. The van der Waals surface area contributed by atoms with Crippen molar-refractivity contribution in [2.75, 3.05) is 18.6 Å². The molecular formula is C18H30ClNO3S. The van der Waals surface area contributed by atoms with Gasteiger partial charge in [0.25, 0.3) is 0 Å². The molecule has 2 saturated heterocycles. The maximum atomic E-state index is 12.3. The van der Waals surface area contributed by atoms with Crippen LogP contribution in [-0.2, 0) is 9.53 Å². The van der Waals surface area contributed by atoms with E-state index in [-0.39, 0.29) is 35.6 Å². The summed E-state index contributed by atoms with van der Waals surface area (Å²) >= 11 is 0. The first-order valence-electron chi connectivity index (χ1n) is 8.55. The second kappa shape index (κ2) is 7.40. The Hall–Kier alpha value is -0.490. The van der Waals surface area contributed by atoms with Crippen molar-refractivity contribution in [1.82, 2.24) is 4.90 Å². The molecule has 24 heavy (non-hydrogen) atoms. The molecule has 1 N–H and O–H groups in total. The van der Waals surface area contributed by atoms with Crippen molar-refractivity contribution in [3.8, 4) is 0 Å². The molecule has 3 aliphatic heterocycles. The number of halogens is 1. The van der Waals surface area contributed by atoms with Crippen LogP contribution in [0.25, 0.3) is 0 Å². The highest BCUT2D eigenvalue weighted by Crippen LogP contribution is 2.47. The molecule has 0 amide bonds. The lowest BCUT2D eigenvalue weighted by Gasteiger charge is -2.54. The van der Waals surface area contributed by atoms with E-state index in [9.17, 15) is 9.35 Å². The first-order valence-corrected chi connectivity index (χ1v) is 10.5. The number of fused-ring (bicyclic) bond motifs is 2. The molecule has 0 spiro atoms. The predicted octanol–water partition coefficient (Wildman–Crippen LogP) is 3.96. The van der Waals surface area contributed by atoms with Gasteiger partial charge < -0.3 is 9.29 Å². The molecule has 4 atom stereocenters. The lowest BCUT2D eigenvalue weighted by atomic mass is 9.68. The third-order valence-electron chi connectivity index (χ3n) is 5.74. The van der Waals surface area contributed by atoms with Crippen LogP contribution < -0.4 is 0 Å². The van der Waals surface area contributed by atoms with Crippen LogP contribution in [0.5, 0.6) is 0 Å². The molecule has 4 unspecified atom stereocenters. The zero-order valence-corrected chi connectivity index (χ0v) is 16.4. The number of hydrogen-bond acceptors (Lipinski definition) is 4. The number of carbonyl (C=O) groups is 1. The standard InChI is InChI=1S/C18H29NO3S.ClH/c1-18(2)8-7-14-11-15(12-16(18)19(14)3)22-17(20)13-23(21)9-5-4-6-10-23;/h4-6,9,14-16,21H,7-8,10-13H2,1-3H3;1H. The average Bonchev–Trinajstić information content (AvgIpc) is 2.45. The minimum Gasteiger partial charge on any atom is -0.462 e. The van der Waals surface area contributed by atoms with Crippen LogP contribution in [-0.4, -0.2) is 52.2 Å². The molecule has 0 aliphatic carbocycles. The summed E-state index contributed by atoms with van der Waals surface area (Å²) in [6, 6.07) is 0.994. The van der Waals surface area contributed by atoms with Gasteiger partial charge in [0, 0.05) is 24.3 Å². The number of nitrogens with zero attached hydrogens (tertiary/aromatic N) is 1. The fourth-order valence-corrected chi connectivity index (χ4v) is 5.94. The minimum atomic E-state index is -1.99. The van der Waals surface area contributed by atoms with E-state index in [0.29, 0.717) is 17.8 Å².